The molecule has 30 heavy (non-hydrogen) atoms. The van der Waals surface area contributed by atoms with Gasteiger partial charge in [-0.3, -0.25) is 0 Å². The summed E-state index contributed by atoms with van der Waals surface area (Å²) in [6, 6.07) is 12.3. The summed E-state index contributed by atoms with van der Waals surface area (Å²) in [5, 5.41) is 7.13. The Kier molecular flexibility index (Phi) is 6.70. The van der Waals surface area contributed by atoms with E-state index in [-0.39, 0.29) is 4.90 Å². The molecule has 9 heteroatoms. The second-order valence-electron chi connectivity index (χ2n) is 6.91. The molecule has 1 heterocycles. The third kappa shape index (κ3) is 4.77. The number of nitrogens with zero attached hydrogens (tertiary/aromatic N) is 2. The van der Waals surface area contributed by atoms with Crippen LogP contribution in [0.4, 0.5) is 11.4 Å². The Labute approximate surface area is 182 Å². The van der Waals surface area contributed by atoms with Crippen LogP contribution in [0.15, 0.2) is 51.8 Å². The maximum absolute atomic E-state index is 12.5. The molecule has 2 aromatic carbocycles. The Morgan fingerprint density at radius 2 is 1.77 bits per heavy atom. The van der Waals surface area contributed by atoms with Gasteiger partial charge in [0.2, 0.25) is 15.9 Å². The summed E-state index contributed by atoms with van der Waals surface area (Å²) in [5.74, 6) is 1.18. The highest BCUT2D eigenvalue weighted by Crippen LogP contribution is 2.29. The first kappa shape index (κ1) is 22.1. The molecule has 2 N–H and O–H groups in total. The predicted molar refractivity (Wildman–Crippen MR) is 120 cm³/mol. The molecular weight excluding hydrogens is 424 g/mol. The predicted octanol–water partition coefficient (Wildman–Crippen LogP) is 4.60. The van der Waals surface area contributed by atoms with Gasteiger partial charge in [0, 0.05) is 31.2 Å². The lowest BCUT2D eigenvalue weighted by Crippen LogP contribution is -2.22. The fraction of sp³-hybridized carbons (Fsp3) is 0.286. The van der Waals surface area contributed by atoms with Gasteiger partial charge in [0.25, 0.3) is 0 Å². The second kappa shape index (κ2) is 9.07. The van der Waals surface area contributed by atoms with E-state index in [2.05, 4.69) is 15.6 Å². The van der Waals surface area contributed by atoms with Crippen molar-refractivity contribution in [1.29, 1.82) is 0 Å². The molecule has 160 valence electrons. The number of halogens is 1. The number of aromatic nitrogens is 1. The number of hydrogen-bond donors (Lipinski definition) is 2. The Hall–Kier alpha value is -2.55. The molecule has 0 unspecified atom stereocenters. The minimum Gasteiger partial charge on any atom is -0.438 e. The van der Waals surface area contributed by atoms with E-state index < -0.39 is 10.0 Å². The average Bonchev–Trinajstić information content (AvgIpc) is 3.08. The Morgan fingerprint density at radius 3 is 2.40 bits per heavy atom. The van der Waals surface area contributed by atoms with E-state index in [4.69, 9.17) is 16.0 Å². The van der Waals surface area contributed by atoms with Gasteiger partial charge in [-0.1, -0.05) is 11.6 Å². The van der Waals surface area contributed by atoms with E-state index in [0.717, 1.165) is 16.9 Å². The maximum Gasteiger partial charge on any atom is 0.242 e. The van der Waals surface area contributed by atoms with Crippen LogP contribution in [0.1, 0.15) is 18.5 Å². The van der Waals surface area contributed by atoms with Crippen molar-refractivity contribution in [3.8, 4) is 11.3 Å². The number of sulfonamides is 1. The molecule has 0 fully saturated rings. The Bertz CT molecular complexity index is 1130. The van der Waals surface area contributed by atoms with Crippen molar-refractivity contribution in [1.82, 2.24) is 9.29 Å². The van der Waals surface area contributed by atoms with Crippen LogP contribution in [0.3, 0.4) is 0 Å². The molecule has 3 aromatic rings. The van der Waals surface area contributed by atoms with Gasteiger partial charge in [0.15, 0.2) is 5.76 Å². The number of anilines is 2. The topological polar surface area (TPSA) is 87.5 Å². The number of benzene rings is 2. The maximum atomic E-state index is 12.5. The first-order valence-electron chi connectivity index (χ1n) is 9.49. The van der Waals surface area contributed by atoms with Crippen molar-refractivity contribution in [3.63, 3.8) is 0 Å². The molecule has 7 nitrogen and oxygen atoms in total. The molecule has 0 aliphatic heterocycles. The van der Waals surface area contributed by atoms with Crippen molar-refractivity contribution < 1.29 is 12.8 Å². The van der Waals surface area contributed by atoms with E-state index >= 15 is 0 Å². The average molecular weight is 449 g/mol. The highest BCUT2D eigenvalue weighted by molar-refractivity contribution is 7.89. The van der Waals surface area contributed by atoms with Crippen molar-refractivity contribution in [3.05, 3.63) is 59.1 Å². The van der Waals surface area contributed by atoms with Crippen LogP contribution in [-0.2, 0) is 16.6 Å². The lowest BCUT2D eigenvalue weighted by atomic mass is 10.1. The van der Waals surface area contributed by atoms with Crippen LogP contribution >= 0.6 is 11.6 Å². The van der Waals surface area contributed by atoms with Crippen LogP contribution in [0.25, 0.3) is 11.3 Å². The van der Waals surface area contributed by atoms with Gasteiger partial charge in [-0.05, 0) is 56.3 Å². The molecule has 0 aliphatic carbocycles. The molecular formula is C21H25ClN4O3S. The quantitative estimate of drug-likeness (QED) is 0.523. The molecule has 0 radical (unpaired) electrons. The highest BCUT2D eigenvalue weighted by atomic mass is 35.5. The van der Waals surface area contributed by atoms with Crippen molar-refractivity contribution in [2.75, 3.05) is 31.3 Å². The smallest absolute Gasteiger partial charge is 0.242 e. The zero-order valence-electron chi connectivity index (χ0n) is 17.4. The molecule has 0 aliphatic rings. The van der Waals surface area contributed by atoms with Gasteiger partial charge in [-0.2, -0.15) is 0 Å². The van der Waals surface area contributed by atoms with Crippen molar-refractivity contribution in [2.45, 2.75) is 25.3 Å². The lowest BCUT2D eigenvalue weighted by Gasteiger charge is -2.16. The normalized spacial score (nSPS) is 11.7. The summed E-state index contributed by atoms with van der Waals surface area (Å²) in [7, 11) is -0.524. The third-order valence-electron chi connectivity index (χ3n) is 4.51. The van der Waals surface area contributed by atoms with Crippen molar-refractivity contribution >= 4 is 33.0 Å². The molecule has 0 saturated heterocycles. The molecule has 1 aromatic heterocycles. The van der Waals surface area contributed by atoms with Crippen LogP contribution in [0.5, 0.6) is 0 Å². The number of nitrogens with one attached hydrogen (secondary N) is 2. The first-order valence-corrected chi connectivity index (χ1v) is 11.3. The summed E-state index contributed by atoms with van der Waals surface area (Å²) in [4.78, 5) is 4.70. The summed E-state index contributed by atoms with van der Waals surface area (Å²) in [6.45, 7) is 4.86. The first-order chi connectivity index (χ1) is 14.2. The van der Waals surface area contributed by atoms with E-state index in [9.17, 15) is 8.42 Å². The second-order valence-corrected chi connectivity index (χ2v) is 9.50. The number of aryl methyl sites for hydroxylation is 1. The van der Waals surface area contributed by atoms with E-state index in [1.54, 1.807) is 30.3 Å². The van der Waals surface area contributed by atoms with Gasteiger partial charge < -0.3 is 15.1 Å². The fourth-order valence-corrected chi connectivity index (χ4v) is 4.01. The minimum atomic E-state index is -3.54. The standard InChI is InChI=1S/C21H25ClN4O3S/c1-5-23-18-11-10-17(30(27,28)26(3)4)12-19(18)24-13-20-25-14(2)21(29-20)15-6-8-16(22)9-7-15/h6-12,23-24H,5,13H2,1-4H3. The molecule has 3 rings (SSSR count). The zero-order chi connectivity index (χ0) is 21.9. The van der Waals surface area contributed by atoms with E-state index in [1.165, 1.54) is 18.4 Å². The third-order valence-corrected chi connectivity index (χ3v) is 6.58. The minimum absolute atomic E-state index is 0.210. The monoisotopic (exact) mass is 448 g/mol. The lowest BCUT2D eigenvalue weighted by molar-refractivity contribution is 0.516. The summed E-state index contributed by atoms with van der Waals surface area (Å²) < 4.78 is 32.1. The molecule has 0 amide bonds. The van der Waals surface area contributed by atoms with Crippen LogP contribution < -0.4 is 10.6 Å². The SMILES string of the molecule is CCNc1ccc(S(=O)(=O)N(C)C)cc1NCc1nc(C)c(-c2ccc(Cl)cc2)o1. The van der Waals surface area contributed by atoms with Gasteiger partial charge in [0.05, 0.1) is 28.5 Å². The summed E-state index contributed by atoms with van der Waals surface area (Å²) >= 11 is 5.96. The highest BCUT2D eigenvalue weighted by Gasteiger charge is 2.19. The summed E-state index contributed by atoms with van der Waals surface area (Å²) in [6.07, 6.45) is 0. The van der Waals surface area contributed by atoms with Crippen LogP contribution in [0, 0.1) is 6.92 Å². The number of hydrogen-bond acceptors (Lipinski definition) is 6. The van der Waals surface area contributed by atoms with Gasteiger partial charge >= 0.3 is 0 Å². The van der Waals surface area contributed by atoms with Gasteiger partial charge in [-0.15, -0.1) is 0 Å². The van der Waals surface area contributed by atoms with Crippen molar-refractivity contribution in [2.24, 2.45) is 0 Å². The van der Waals surface area contributed by atoms with Gasteiger partial charge in [0.1, 0.15) is 0 Å². The van der Waals surface area contributed by atoms with E-state index in [0.29, 0.717) is 35.5 Å². The molecule has 0 spiro atoms. The van der Waals surface area contributed by atoms with Crippen LogP contribution in [0.2, 0.25) is 5.02 Å². The Balaban J connectivity index is 1.86. The molecule has 0 saturated carbocycles. The van der Waals surface area contributed by atoms with Crippen LogP contribution in [-0.4, -0.2) is 38.3 Å². The number of oxazole rings is 1. The molecule has 0 atom stereocenters. The molecule has 0 bridgehead atoms. The Morgan fingerprint density at radius 1 is 1.07 bits per heavy atom. The number of rotatable bonds is 8. The summed E-state index contributed by atoms with van der Waals surface area (Å²) in [5.41, 5.74) is 3.12. The fourth-order valence-electron chi connectivity index (χ4n) is 2.95. The van der Waals surface area contributed by atoms with Gasteiger partial charge in [-0.25, -0.2) is 17.7 Å². The largest absolute Gasteiger partial charge is 0.438 e. The van der Waals surface area contributed by atoms with E-state index in [1.807, 2.05) is 26.0 Å². The zero-order valence-corrected chi connectivity index (χ0v) is 18.9.